The molecule has 250 valence electrons. The number of ether oxygens (including phenoxy) is 1. The number of allylic oxidation sites excluding steroid dienone is 1. The number of imidazole rings is 1. The Labute approximate surface area is 276 Å². The summed E-state index contributed by atoms with van der Waals surface area (Å²) in [7, 11) is 1.88. The summed E-state index contributed by atoms with van der Waals surface area (Å²) in [6.07, 6.45) is 6.83. The first-order valence-corrected chi connectivity index (χ1v) is 15.8. The van der Waals surface area contributed by atoms with Crippen molar-refractivity contribution < 1.29 is 27.5 Å². The molecule has 4 heterocycles. The Bertz CT molecular complexity index is 1660. The number of hydrogen-bond donors (Lipinski definition) is 2. The smallest absolute Gasteiger partial charge is 0.363 e. The van der Waals surface area contributed by atoms with Crippen LogP contribution in [0.3, 0.4) is 0 Å². The maximum absolute atomic E-state index is 13.9. The third-order valence-corrected chi connectivity index (χ3v) is 8.59. The van der Waals surface area contributed by atoms with Crippen LogP contribution in [0.15, 0.2) is 78.7 Å². The molecule has 1 saturated heterocycles. The third kappa shape index (κ3) is 7.31. The highest BCUT2D eigenvalue weighted by Crippen LogP contribution is 2.36. The number of dihydropyridines is 1. The molecule has 0 spiro atoms. The highest BCUT2D eigenvalue weighted by molar-refractivity contribution is 6.30. The van der Waals surface area contributed by atoms with Crippen LogP contribution < -0.4 is 10.6 Å². The minimum atomic E-state index is -4.74. The molecule has 0 aliphatic carbocycles. The van der Waals surface area contributed by atoms with Gasteiger partial charge in [-0.25, -0.2) is 4.98 Å². The van der Waals surface area contributed by atoms with Crippen molar-refractivity contribution in [2.75, 3.05) is 32.8 Å². The lowest BCUT2D eigenvalue weighted by atomic mass is 9.97. The zero-order chi connectivity index (χ0) is 33.8. The van der Waals surface area contributed by atoms with E-state index in [1.54, 1.807) is 24.7 Å². The quantitative estimate of drug-likeness (QED) is 0.324. The molecule has 1 unspecified atom stereocenters. The number of aryl methyl sites for hydroxylation is 1. The first-order valence-electron chi connectivity index (χ1n) is 15.4. The molecule has 2 aliphatic rings. The van der Waals surface area contributed by atoms with Crippen molar-refractivity contribution in [3.8, 4) is 0 Å². The van der Waals surface area contributed by atoms with Gasteiger partial charge in [0.2, 0.25) is 0 Å². The lowest BCUT2D eigenvalue weighted by Gasteiger charge is -2.46. The van der Waals surface area contributed by atoms with Crippen LogP contribution in [-0.2, 0) is 34.9 Å². The number of carbonyl (C=O) groups excluding carboxylic acids is 2. The monoisotopic (exact) mass is 671 g/mol. The highest BCUT2D eigenvalue weighted by atomic mass is 35.5. The zero-order valence-electron chi connectivity index (χ0n) is 26.4. The summed E-state index contributed by atoms with van der Waals surface area (Å²) in [5.74, 6) is -0.273. The van der Waals surface area contributed by atoms with E-state index in [9.17, 15) is 22.8 Å². The number of amides is 2. The predicted molar refractivity (Wildman–Crippen MR) is 170 cm³/mol. The number of pyridine rings is 1. The second-order valence-electron chi connectivity index (χ2n) is 11.3. The van der Waals surface area contributed by atoms with Crippen molar-refractivity contribution in [2.45, 2.75) is 44.6 Å². The average molecular weight is 672 g/mol. The molecule has 1 fully saturated rings. The minimum Gasteiger partial charge on any atom is -0.363 e. The summed E-state index contributed by atoms with van der Waals surface area (Å²) >= 11 is 5.85. The van der Waals surface area contributed by atoms with E-state index in [4.69, 9.17) is 16.3 Å². The number of benzene rings is 1. The van der Waals surface area contributed by atoms with E-state index in [1.807, 2.05) is 54.8 Å². The van der Waals surface area contributed by atoms with Gasteiger partial charge in [0.1, 0.15) is 11.5 Å². The normalized spacial score (nSPS) is 19.9. The van der Waals surface area contributed by atoms with Gasteiger partial charge in [0.25, 0.3) is 11.8 Å². The van der Waals surface area contributed by atoms with E-state index in [0.29, 0.717) is 37.3 Å². The molecule has 3 aromatic rings. The number of aromatic nitrogens is 3. The molecule has 1 aromatic carbocycles. The molecule has 47 heavy (non-hydrogen) atoms. The van der Waals surface area contributed by atoms with Crippen LogP contribution >= 0.6 is 11.6 Å². The van der Waals surface area contributed by atoms with Crippen molar-refractivity contribution in [1.29, 1.82) is 0 Å². The summed E-state index contributed by atoms with van der Waals surface area (Å²) in [5, 5.41) is 6.25. The van der Waals surface area contributed by atoms with E-state index in [2.05, 4.69) is 20.6 Å². The largest absolute Gasteiger partial charge is 0.417 e. The molecular weight excluding hydrogens is 635 g/mol. The van der Waals surface area contributed by atoms with Crippen LogP contribution in [0.2, 0.25) is 5.02 Å². The topological polar surface area (TPSA) is 105 Å². The maximum Gasteiger partial charge on any atom is 0.417 e. The number of nitrogens with zero attached hydrogens (tertiary/aromatic N) is 5. The van der Waals surface area contributed by atoms with E-state index in [1.165, 1.54) is 11.0 Å². The SMILES string of the molecule is CCOC1(c2cccnc2)C=CC(N2CCN(C(=O)c3ccc(Cl)cc3C(F)(F)F)C[C@H]2CC)=C(C(=O)NCCc2nccn2C)N1. The van der Waals surface area contributed by atoms with Crippen molar-refractivity contribution in [2.24, 2.45) is 7.05 Å². The van der Waals surface area contributed by atoms with Crippen LogP contribution in [0.5, 0.6) is 0 Å². The number of carbonyl (C=O) groups is 2. The number of halogens is 4. The van der Waals surface area contributed by atoms with Gasteiger partial charge in [-0.1, -0.05) is 24.6 Å². The van der Waals surface area contributed by atoms with Crippen LogP contribution in [0.25, 0.3) is 0 Å². The highest BCUT2D eigenvalue weighted by Gasteiger charge is 2.41. The average Bonchev–Trinajstić information content (AvgIpc) is 3.48. The minimum absolute atomic E-state index is 0.103. The number of rotatable bonds is 10. The van der Waals surface area contributed by atoms with Gasteiger partial charge in [-0.3, -0.25) is 14.6 Å². The fourth-order valence-electron chi connectivity index (χ4n) is 5.96. The molecule has 0 radical (unpaired) electrons. The van der Waals surface area contributed by atoms with Crippen LogP contribution in [0, 0.1) is 0 Å². The molecule has 2 atom stereocenters. The standard InChI is InChI=1S/C33H37ClF3N7O3/c1-4-24-21-43(31(46)25-9-8-23(34)19-26(25)33(35,36)37)17-18-44(24)27-10-12-32(47-5-2,22-7-6-13-38-20-22)41-29(27)30(45)40-14-11-28-39-15-16-42(28)3/h6-10,12-13,15-16,19-20,24,41H,4-5,11,14,17-18,21H2,1-3H3,(H,40,45)/t24-,32?/m1/s1. The van der Waals surface area contributed by atoms with Crippen molar-refractivity contribution >= 4 is 23.4 Å². The molecule has 2 aliphatic heterocycles. The van der Waals surface area contributed by atoms with E-state index in [-0.39, 0.29) is 42.3 Å². The fourth-order valence-corrected chi connectivity index (χ4v) is 6.13. The molecule has 2 N–H and O–H groups in total. The van der Waals surface area contributed by atoms with Crippen molar-refractivity contribution in [3.05, 3.63) is 106 Å². The Balaban J connectivity index is 1.44. The summed E-state index contributed by atoms with van der Waals surface area (Å²) in [5.41, 5.74) is -1.16. The van der Waals surface area contributed by atoms with Crippen molar-refractivity contribution in [1.82, 2.24) is 35.0 Å². The Kier molecular flexibility index (Phi) is 10.3. The first-order chi connectivity index (χ1) is 22.5. The molecule has 2 amide bonds. The molecular formula is C33H37ClF3N7O3. The fraction of sp³-hybridized carbons (Fsp3) is 0.394. The number of nitrogens with one attached hydrogen (secondary N) is 2. The van der Waals surface area contributed by atoms with Gasteiger partial charge in [-0.05, 0) is 49.8 Å². The van der Waals surface area contributed by atoms with E-state index >= 15 is 0 Å². The van der Waals surface area contributed by atoms with Gasteiger partial charge < -0.3 is 29.7 Å². The van der Waals surface area contributed by atoms with Gasteiger partial charge in [0, 0.05) is 87.7 Å². The Morgan fingerprint density at radius 1 is 1.19 bits per heavy atom. The van der Waals surface area contributed by atoms with Gasteiger partial charge >= 0.3 is 6.18 Å². The van der Waals surface area contributed by atoms with Gasteiger partial charge in [-0.2, -0.15) is 13.2 Å². The summed E-state index contributed by atoms with van der Waals surface area (Å²) in [4.78, 5) is 39.4. The second kappa shape index (κ2) is 14.2. The van der Waals surface area contributed by atoms with Crippen LogP contribution in [-0.4, -0.2) is 75.0 Å². The summed E-state index contributed by atoms with van der Waals surface area (Å²) in [6, 6.07) is 6.52. The number of piperazine rings is 1. The zero-order valence-corrected chi connectivity index (χ0v) is 27.1. The van der Waals surface area contributed by atoms with Gasteiger partial charge in [-0.15, -0.1) is 0 Å². The van der Waals surface area contributed by atoms with Gasteiger partial charge in [0.15, 0.2) is 5.72 Å². The van der Waals surface area contributed by atoms with Crippen molar-refractivity contribution in [3.63, 3.8) is 0 Å². The number of alkyl halides is 3. The third-order valence-electron chi connectivity index (χ3n) is 8.36. The lowest BCUT2D eigenvalue weighted by molar-refractivity contribution is -0.138. The molecule has 0 saturated carbocycles. The Morgan fingerprint density at radius 2 is 2.00 bits per heavy atom. The van der Waals surface area contributed by atoms with E-state index < -0.39 is 28.9 Å². The van der Waals surface area contributed by atoms with Crippen LogP contribution in [0.1, 0.15) is 47.6 Å². The number of hydrogen-bond acceptors (Lipinski definition) is 7. The predicted octanol–water partition coefficient (Wildman–Crippen LogP) is 4.64. The summed E-state index contributed by atoms with van der Waals surface area (Å²) in [6.45, 7) is 5.01. The first kappa shape index (κ1) is 34.0. The second-order valence-corrected chi connectivity index (χ2v) is 11.7. The Morgan fingerprint density at radius 3 is 2.66 bits per heavy atom. The Hall–Kier alpha value is -4.36. The molecule has 0 bridgehead atoms. The molecule has 10 nitrogen and oxygen atoms in total. The van der Waals surface area contributed by atoms with Gasteiger partial charge in [0.05, 0.1) is 16.8 Å². The van der Waals surface area contributed by atoms with Crippen LogP contribution in [0.4, 0.5) is 13.2 Å². The summed E-state index contributed by atoms with van der Waals surface area (Å²) < 4.78 is 49.6. The molecule has 5 rings (SSSR count). The maximum atomic E-state index is 13.9. The lowest BCUT2D eigenvalue weighted by Crippen LogP contribution is -2.56. The molecule has 14 heteroatoms. The van der Waals surface area contributed by atoms with E-state index in [0.717, 1.165) is 18.0 Å². The molecule has 2 aromatic heterocycles.